The maximum Gasteiger partial charge on any atom is 0.247 e. The predicted octanol–water partition coefficient (Wildman–Crippen LogP) is 3.05. The summed E-state index contributed by atoms with van der Waals surface area (Å²) in [6, 6.07) is 9.28. The number of ether oxygens (including phenoxy) is 1. The summed E-state index contributed by atoms with van der Waals surface area (Å²) >= 11 is 1.73. The van der Waals surface area contributed by atoms with Crippen LogP contribution < -0.4 is 0 Å². The number of aliphatic hydroxyl groups is 1. The zero-order valence-corrected chi connectivity index (χ0v) is 27.5. The number of benzene rings is 1. The van der Waals surface area contributed by atoms with E-state index in [0.29, 0.717) is 58.8 Å². The first-order valence-corrected chi connectivity index (χ1v) is 17.5. The van der Waals surface area contributed by atoms with Crippen LogP contribution in [0.25, 0.3) is 0 Å². The lowest BCUT2D eigenvalue weighted by Gasteiger charge is -2.41. The third-order valence-electron chi connectivity index (χ3n) is 10.2. The Morgan fingerprint density at radius 3 is 2.44 bits per heavy atom. The Balaban J connectivity index is 1.45. The molecule has 9 nitrogen and oxygen atoms in total. The van der Waals surface area contributed by atoms with Crippen molar-refractivity contribution in [3.63, 3.8) is 0 Å². The highest BCUT2D eigenvalue weighted by Gasteiger charge is 2.76. The number of hydrogen-bond acceptors (Lipinski definition) is 7. The second kappa shape index (κ2) is 15.3. The Kier molecular flexibility index (Phi) is 11.4. The van der Waals surface area contributed by atoms with Gasteiger partial charge in [0.05, 0.1) is 29.8 Å². The van der Waals surface area contributed by atoms with Gasteiger partial charge in [-0.3, -0.25) is 19.3 Å². The Bertz CT molecular complexity index is 1210. The molecule has 0 aromatic heterocycles. The van der Waals surface area contributed by atoms with Gasteiger partial charge in [0.25, 0.3) is 0 Å². The number of thioether (sulfide) groups is 1. The fourth-order valence-corrected chi connectivity index (χ4v) is 10.4. The minimum atomic E-state index is -0.666. The number of likely N-dealkylation sites (tertiary alicyclic amines) is 1. The average Bonchev–Trinajstić information content (AvgIpc) is 3.65. The van der Waals surface area contributed by atoms with Gasteiger partial charge in [-0.25, -0.2) is 0 Å². The summed E-state index contributed by atoms with van der Waals surface area (Å²) < 4.78 is 4.85. The quantitative estimate of drug-likeness (QED) is 0.220. The van der Waals surface area contributed by atoms with Gasteiger partial charge in [0.15, 0.2) is 0 Å². The molecule has 4 saturated heterocycles. The molecule has 3 amide bonds. The highest BCUT2D eigenvalue weighted by Crippen LogP contribution is 2.69. The number of rotatable bonds is 16. The van der Waals surface area contributed by atoms with Crippen LogP contribution >= 0.6 is 11.8 Å². The van der Waals surface area contributed by atoms with Gasteiger partial charge >= 0.3 is 0 Å². The van der Waals surface area contributed by atoms with E-state index < -0.39 is 22.6 Å². The number of aliphatic hydroxyl groups excluding tert-OH is 1. The highest BCUT2D eigenvalue weighted by molar-refractivity contribution is 8.02. The van der Waals surface area contributed by atoms with E-state index in [9.17, 15) is 19.5 Å². The van der Waals surface area contributed by atoms with Crippen molar-refractivity contribution in [3.05, 3.63) is 61.2 Å². The third-order valence-corrected chi connectivity index (χ3v) is 12.2. The van der Waals surface area contributed by atoms with Gasteiger partial charge in [-0.2, -0.15) is 0 Å². The Labute approximate surface area is 272 Å². The molecule has 6 atom stereocenters. The summed E-state index contributed by atoms with van der Waals surface area (Å²) in [5.41, 5.74) is 1.03. The minimum Gasteiger partial charge on any atom is -0.396 e. The molecule has 0 radical (unpaired) electrons. The van der Waals surface area contributed by atoms with Crippen molar-refractivity contribution < 1.29 is 24.2 Å². The molecule has 1 aromatic carbocycles. The van der Waals surface area contributed by atoms with Crippen molar-refractivity contribution >= 4 is 29.5 Å². The highest BCUT2D eigenvalue weighted by atomic mass is 32.2. The number of amides is 3. The van der Waals surface area contributed by atoms with Crippen LogP contribution in [0, 0.1) is 17.8 Å². The van der Waals surface area contributed by atoms with E-state index in [2.05, 4.69) is 25.0 Å². The normalized spacial score (nSPS) is 29.1. The first-order valence-electron chi connectivity index (χ1n) is 16.6. The number of fused-ring (bicyclic) bond motifs is 1. The predicted molar refractivity (Wildman–Crippen MR) is 177 cm³/mol. The number of unbranched alkanes of at least 4 members (excludes halogenated alkanes) is 2. The lowest BCUT2D eigenvalue weighted by atomic mass is 9.65. The van der Waals surface area contributed by atoms with Gasteiger partial charge in [0.2, 0.25) is 17.7 Å². The van der Waals surface area contributed by atoms with Crippen LogP contribution in [0.5, 0.6) is 0 Å². The first-order chi connectivity index (χ1) is 21.9. The second-order valence-electron chi connectivity index (χ2n) is 12.9. The number of carbonyl (C=O) groups excluding carboxylic acids is 3. The summed E-state index contributed by atoms with van der Waals surface area (Å²) in [5, 5.41) is 9.37. The molecule has 10 heteroatoms. The lowest BCUT2D eigenvalue weighted by Crippen LogP contribution is -2.58. The smallest absolute Gasteiger partial charge is 0.247 e. The Morgan fingerprint density at radius 1 is 1.04 bits per heavy atom. The van der Waals surface area contributed by atoms with Gasteiger partial charge < -0.3 is 24.5 Å². The van der Waals surface area contributed by atoms with Crippen molar-refractivity contribution in [1.82, 2.24) is 19.6 Å². The first kappa shape index (κ1) is 33.7. The summed E-state index contributed by atoms with van der Waals surface area (Å²) in [5.74, 6) is -1.06. The number of morpholine rings is 1. The maximum absolute atomic E-state index is 14.8. The average molecular weight is 639 g/mol. The summed E-state index contributed by atoms with van der Waals surface area (Å²) in [6.07, 6.45) is 6.44. The molecule has 1 N–H and O–H groups in total. The van der Waals surface area contributed by atoms with Gasteiger partial charge in [-0.05, 0) is 37.2 Å². The molecular formula is C35H50N4O5S. The van der Waals surface area contributed by atoms with Crippen molar-refractivity contribution in [2.75, 3.05) is 65.6 Å². The fourth-order valence-electron chi connectivity index (χ4n) is 8.00. The van der Waals surface area contributed by atoms with Crippen molar-refractivity contribution in [3.8, 4) is 0 Å². The molecular weight excluding hydrogens is 588 g/mol. The second-order valence-corrected chi connectivity index (χ2v) is 14.4. The van der Waals surface area contributed by atoms with E-state index >= 15 is 0 Å². The zero-order valence-electron chi connectivity index (χ0n) is 26.7. The Hall–Kier alpha value is -2.66. The summed E-state index contributed by atoms with van der Waals surface area (Å²) in [4.78, 5) is 51.6. The van der Waals surface area contributed by atoms with E-state index in [1.807, 2.05) is 45.0 Å². The molecule has 3 unspecified atom stereocenters. The molecule has 1 aromatic rings. The number of nitrogens with zero attached hydrogens (tertiary/aromatic N) is 4. The van der Waals surface area contributed by atoms with Crippen LogP contribution in [0.3, 0.4) is 0 Å². The van der Waals surface area contributed by atoms with Gasteiger partial charge in [0.1, 0.15) is 6.04 Å². The SMILES string of the molecule is C=CCN(CCN1CCOCC1)C(=O)C1N(CCCCCO)C(=O)[C@@H]2[C@@H](C(=O)N(CC=C)Cc3ccccc3)[C@H]3CC(C)C12S3. The minimum absolute atomic E-state index is 0.0161. The third kappa shape index (κ3) is 6.75. The van der Waals surface area contributed by atoms with Gasteiger partial charge in [-0.1, -0.05) is 49.4 Å². The van der Waals surface area contributed by atoms with Gasteiger partial charge in [0, 0.05) is 64.2 Å². The van der Waals surface area contributed by atoms with Gasteiger partial charge in [-0.15, -0.1) is 24.9 Å². The van der Waals surface area contributed by atoms with E-state index in [-0.39, 0.29) is 35.5 Å². The van der Waals surface area contributed by atoms with Crippen LogP contribution in [-0.2, 0) is 25.7 Å². The van der Waals surface area contributed by atoms with Crippen LogP contribution in [0.2, 0.25) is 0 Å². The molecule has 4 heterocycles. The maximum atomic E-state index is 14.8. The fraction of sp³-hybridized carbons (Fsp3) is 0.629. The molecule has 4 fully saturated rings. The topological polar surface area (TPSA) is 93.6 Å². The van der Waals surface area contributed by atoms with Crippen LogP contribution in [0.15, 0.2) is 55.6 Å². The van der Waals surface area contributed by atoms with E-state index in [1.165, 1.54) is 0 Å². The molecule has 0 saturated carbocycles. The van der Waals surface area contributed by atoms with Crippen molar-refractivity contribution in [2.24, 2.45) is 17.8 Å². The largest absolute Gasteiger partial charge is 0.396 e. The van der Waals surface area contributed by atoms with E-state index in [0.717, 1.165) is 38.0 Å². The van der Waals surface area contributed by atoms with Crippen LogP contribution in [-0.4, -0.2) is 124 Å². The monoisotopic (exact) mass is 638 g/mol. The molecule has 0 aliphatic carbocycles. The molecule has 5 rings (SSSR count). The molecule has 45 heavy (non-hydrogen) atoms. The zero-order chi connectivity index (χ0) is 32.0. The van der Waals surface area contributed by atoms with Crippen LogP contribution in [0.4, 0.5) is 0 Å². The molecule has 4 aliphatic rings. The summed E-state index contributed by atoms with van der Waals surface area (Å²) in [6.45, 7) is 16.2. The molecule has 1 spiro atoms. The van der Waals surface area contributed by atoms with Crippen molar-refractivity contribution in [1.29, 1.82) is 0 Å². The van der Waals surface area contributed by atoms with Crippen molar-refractivity contribution in [2.45, 2.75) is 55.2 Å². The number of hydrogen-bond donors (Lipinski definition) is 1. The van der Waals surface area contributed by atoms with E-state index in [1.54, 1.807) is 23.9 Å². The molecule has 2 bridgehead atoms. The van der Waals surface area contributed by atoms with Crippen LogP contribution in [0.1, 0.15) is 38.2 Å². The Morgan fingerprint density at radius 2 is 1.76 bits per heavy atom. The molecule has 246 valence electrons. The van der Waals surface area contributed by atoms with E-state index in [4.69, 9.17) is 4.74 Å². The molecule has 4 aliphatic heterocycles. The lowest BCUT2D eigenvalue weighted by molar-refractivity contribution is -0.145. The summed E-state index contributed by atoms with van der Waals surface area (Å²) in [7, 11) is 0. The number of carbonyl (C=O) groups is 3. The standard InChI is InChI=1S/C35H50N4O5S/c1-4-14-37(18-17-36-19-22-44-23-20-36)34(43)31-35-26(3)24-28(45-35)29(30(35)33(42)39(31)16-10-7-11-21-40)32(41)38(15-5-2)25-27-12-8-6-9-13-27/h4-6,8-9,12-13,26,28-31,40H,1-2,7,10-11,14-25H2,3H3/t26?,28-,29+,30+,31?,35?/m1/s1.